The standard InChI is InChI=1S/C21H27N3O3S/c25-21(22-14-17-24-15-6-1-2-7-16-24)18-10-12-19(13-11-18)23-28(26,27)20-8-4-3-5-9-20/h3-5,8-13,23H,1-2,6-7,14-17H2,(H,22,25). The molecule has 2 N–H and O–H groups in total. The van der Waals surface area contributed by atoms with E-state index >= 15 is 0 Å². The van der Waals surface area contributed by atoms with Crippen LogP contribution in [0.1, 0.15) is 36.0 Å². The monoisotopic (exact) mass is 401 g/mol. The highest BCUT2D eigenvalue weighted by molar-refractivity contribution is 7.92. The van der Waals surface area contributed by atoms with Crippen molar-refractivity contribution in [1.29, 1.82) is 0 Å². The minimum Gasteiger partial charge on any atom is -0.351 e. The number of carbonyl (C=O) groups excluding carboxylic acids is 1. The van der Waals surface area contributed by atoms with Crippen molar-refractivity contribution in [3.05, 3.63) is 60.2 Å². The van der Waals surface area contributed by atoms with Gasteiger partial charge in [-0.3, -0.25) is 9.52 Å². The van der Waals surface area contributed by atoms with Crippen LogP contribution in [0.15, 0.2) is 59.5 Å². The highest BCUT2D eigenvalue weighted by Crippen LogP contribution is 2.16. The van der Waals surface area contributed by atoms with Crippen molar-refractivity contribution in [3.63, 3.8) is 0 Å². The Labute approximate surface area is 167 Å². The fourth-order valence-corrected chi connectivity index (χ4v) is 4.37. The maximum Gasteiger partial charge on any atom is 0.261 e. The van der Waals surface area contributed by atoms with Gasteiger partial charge in [0, 0.05) is 24.3 Å². The normalized spacial score (nSPS) is 15.6. The van der Waals surface area contributed by atoms with Crippen LogP contribution >= 0.6 is 0 Å². The number of nitrogens with one attached hydrogen (secondary N) is 2. The zero-order valence-electron chi connectivity index (χ0n) is 15.9. The van der Waals surface area contributed by atoms with Crippen molar-refractivity contribution in [2.75, 3.05) is 30.9 Å². The molecule has 150 valence electrons. The summed E-state index contributed by atoms with van der Waals surface area (Å²) in [6, 6.07) is 14.6. The topological polar surface area (TPSA) is 78.5 Å². The Morgan fingerprint density at radius 2 is 1.54 bits per heavy atom. The van der Waals surface area contributed by atoms with Crippen LogP contribution in [0, 0.1) is 0 Å². The number of anilines is 1. The first kappa shape index (κ1) is 20.4. The van der Waals surface area contributed by atoms with Crippen LogP contribution in [0.2, 0.25) is 0 Å². The van der Waals surface area contributed by atoms with Crippen LogP contribution in [-0.4, -0.2) is 45.4 Å². The number of hydrogen-bond acceptors (Lipinski definition) is 4. The van der Waals surface area contributed by atoms with Gasteiger partial charge in [-0.05, 0) is 62.3 Å². The molecule has 0 bridgehead atoms. The van der Waals surface area contributed by atoms with E-state index in [2.05, 4.69) is 14.9 Å². The molecular weight excluding hydrogens is 374 g/mol. The lowest BCUT2D eigenvalue weighted by Gasteiger charge is -2.19. The number of amides is 1. The van der Waals surface area contributed by atoms with Gasteiger partial charge < -0.3 is 10.2 Å². The molecule has 3 rings (SSSR count). The lowest BCUT2D eigenvalue weighted by molar-refractivity contribution is 0.0948. The van der Waals surface area contributed by atoms with Crippen molar-refractivity contribution >= 4 is 21.6 Å². The number of sulfonamides is 1. The fourth-order valence-electron chi connectivity index (χ4n) is 3.29. The molecule has 1 aliphatic rings. The van der Waals surface area contributed by atoms with Crippen molar-refractivity contribution in [2.24, 2.45) is 0 Å². The Kier molecular flexibility index (Phi) is 7.06. The van der Waals surface area contributed by atoms with E-state index in [1.165, 1.54) is 37.8 Å². The smallest absolute Gasteiger partial charge is 0.261 e. The molecule has 0 aromatic heterocycles. The van der Waals surface area contributed by atoms with E-state index in [4.69, 9.17) is 0 Å². The molecule has 2 aromatic rings. The Morgan fingerprint density at radius 1 is 0.893 bits per heavy atom. The third kappa shape index (κ3) is 5.81. The van der Waals surface area contributed by atoms with Crippen molar-refractivity contribution in [1.82, 2.24) is 10.2 Å². The molecule has 1 amide bonds. The molecule has 1 heterocycles. The lowest BCUT2D eigenvalue weighted by Crippen LogP contribution is -2.35. The highest BCUT2D eigenvalue weighted by atomic mass is 32.2. The molecule has 6 nitrogen and oxygen atoms in total. The molecule has 7 heteroatoms. The molecule has 0 radical (unpaired) electrons. The highest BCUT2D eigenvalue weighted by Gasteiger charge is 2.14. The van der Waals surface area contributed by atoms with Gasteiger partial charge in [-0.2, -0.15) is 0 Å². The molecule has 1 saturated heterocycles. The zero-order chi connectivity index (χ0) is 19.8. The third-order valence-corrected chi connectivity index (χ3v) is 6.26. The van der Waals surface area contributed by atoms with Crippen LogP contribution in [0.3, 0.4) is 0 Å². The molecular formula is C21H27N3O3S. The second-order valence-corrected chi connectivity index (χ2v) is 8.69. The molecule has 28 heavy (non-hydrogen) atoms. The van der Waals surface area contributed by atoms with Crippen molar-refractivity contribution < 1.29 is 13.2 Å². The fraction of sp³-hybridized carbons (Fsp3) is 0.381. The first-order chi connectivity index (χ1) is 13.5. The summed E-state index contributed by atoms with van der Waals surface area (Å²) in [4.78, 5) is 14.9. The first-order valence-corrected chi connectivity index (χ1v) is 11.2. The van der Waals surface area contributed by atoms with Crippen LogP contribution in [0.4, 0.5) is 5.69 Å². The van der Waals surface area contributed by atoms with Gasteiger partial charge in [-0.25, -0.2) is 8.42 Å². The maximum atomic E-state index is 12.3. The number of benzene rings is 2. The summed E-state index contributed by atoms with van der Waals surface area (Å²) in [5.74, 6) is -0.146. The van der Waals surface area contributed by atoms with E-state index in [9.17, 15) is 13.2 Å². The molecule has 0 aliphatic carbocycles. The van der Waals surface area contributed by atoms with Gasteiger partial charge in [-0.1, -0.05) is 31.0 Å². The Bertz CT molecular complexity index is 860. The summed E-state index contributed by atoms with van der Waals surface area (Å²) < 4.78 is 27.2. The van der Waals surface area contributed by atoms with Gasteiger partial charge in [0.15, 0.2) is 0 Å². The van der Waals surface area contributed by atoms with E-state index in [0.29, 0.717) is 17.8 Å². The summed E-state index contributed by atoms with van der Waals surface area (Å²) in [7, 11) is -3.63. The molecule has 0 spiro atoms. The van der Waals surface area contributed by atoms with Gasteiger partial charge in [0.25, 0.3) is 15.9 Å². The second-order valence-electron chi connectivity index (χ2n) is 7.01. The molecule has 0 unspecified atom stereocenters. The molecule has 2 aromatic carbocycles. The van der Waals surface area contributed by atoms with Crippen LogP contribution in [0.25, 0.3) is 0 Å². The predicted molar refractivity (Wildman–Crippen MR) is 111 cm³/mol. The van der Waals surface area contributed by atoms with Gasteiger partial charge >= 0.3 is 0 Å². The largest absolute Gasteiger partial charge is 0.351 e. The number of rotatable bonds is 7. The minimum atomic E-state index is -3.63. The number of nitrogens with zero attached hydrogens (tertiary/aromatic N) is 1. The van der Waals surface area contributed by atoms with E-state index in [1.807, 2.05) is 0 Å². The van der Waals surface area contributed by atoms with Crippen LogP contribution in [-0.2, 0) is 10.0 Å². The number of carbonyl (C=O) groups is 1. The van der Waals surface area contributed by atoms with Gasteiger partial charge in [0.05, 0.1) is 4.90 Å². The Balaban J connectivity index is 1.51. The van der Waals surface area contributed by atoms with Crippen LogP contribution < -0.4 is 10.0 Å². The molecule has 0 saturated carbocycles. The quantitative estimate of drug-likeness (QED) is 0.747. The predicted octanol–water partition coefficient (Wildman–Crippen LogP) is 3.09. The number of likely N-dealkylation sites (tertiary alicyclic amines) is 1. The minimum absolute atomic E-state index is 0.146. The first-order valence-electron chi connectivity index (χ1n) is 9.73. The van der Waals surface area contributed by atoms with E-state index in [0.717, 1.165) is 19.6 Å². The summed E-state index contributed by atoms with van der Waals surface area (Å²) >= 11 is 0. The van der Waals surface area contributed by atoms with Gasteiger partial charge in [0.2, 0.25) is 0 Å². The van der Waals surface area contributed by atoms with Crippen LogP contribution in [0.5, 0.6) is 0 Å². The zero-order valence-corrected chi connectivity index (χ0v) is 16.7. The van der Waals surface area contributed by atoms with Crippen molar-refractivity contribution in [2.45, 2.75) is 30.6 Å². The lowest BCUT2D eigenvalue weighted by atomic mass is 10.2. The average Bonchev–Trinajstić information content (AvgIpc) is 2.98. The second kappa shape index (κ2) is 9.71. The summed E-state index contributed by atoms with van der Waals surface area (Å²) in [6.45, 7) is 3.68. The Hall–Kier alpha value is -2.38. The van der Waals surface area contributed by atoms with Gasteiger partial charge in [-0.15, -0.1) is 0 Å². The average molecular weight is 402 g/mol. The van der Waals surface area contributed by atoms with E-state index < -0.39 is 10.0 Å². The summed E-state index contributed by atoms with van der Waals surface area (Å²) in [5.41, 5.74) is 0.934. The summed E-state index contributed by atoms with van der Waals surface area (Å²) in [6.07, 6.45) is 5.05. The maximum absolute atomic E-state index is 12.3. The SMILES string of the molecule is O=C(NCCN1CCCCCC1)c1ccc(NS(=O)(=O)c2ccccc2)cc1. The van der Waals surface area contributed by atoms with E-state index in [-0.39, 0.29) is 10.8 Å². The molecule has 0 atom stereocenters. The molecule has 1 fully saturated rings. The molecule has 1 aliphatic heterocycles. The van der Waals surface area contributed by atoms with Crippen molar-refractivity contribution in [3.8, 4) is 0 Å². The third-order valence-electron chi connectivity index (χ3n) is 4.87. The summed E-state index contributed by atoms with van der Waals surface area (Å²) in [5, 5.41) is 2.94. The Morgan fingerprint density at radius 3 is 2.18 bits per heavy atom. The van der Waals surface area contributed by atoms with E-state index in [1.54, 1.807) is 42.5 Å². The van der Waals surface area contributed by atoms with Gasteiger partial charge in [0.1, 0.15) is 0 Å². The number of hydrogen-bond donors (Lipinski definition) is 2.